The third-order valence-electron chi connectivity index (χ3n) is 2.37. The molecule has 1 saturated heterocycles. The second-order valence-corrected chi connectivity index (χ2v) is 6.23. The standard InChI is InChI=1S/C9H11BrN2O2S/c10-8-3-4-9(11-7-8)15(13,14)12-5-1-2-6-12/h3-4,7H,1-2,5-6H2. The smallest absolute Gasteiger partial charge is 0.242 e. The fraction of sp³-hybridized carbons (Fsp3) is 0.444. The van der Waals surface area contributed by atoms with Crippen molar-refractivity contribution >= 4 is 26.0 Å². The number of halogens is 1. The van der Waals surface area contributed by atoms with Gasteiger partial charge in [0.05, 0.1) is 0 Å². The Balaban J connectivity index is 2.32. The lowest BCUT2D eigenvalue weighted by molar-refractivity contribution is 0.474. The van der Waals surface area contributed by atoms with E-state index in [1.165, 1.54) is 16.6 Å². The van der Waals surface area contributed by atoms with E-state index in [9.17, 15) is 8.42 Å². The van der Waals surface area contributed by atoms with E-state index in [0.717, 1.165) is 17.3 Å². The van der Waals surface area contributed by atoms with Crippen molar-refractivity contribution in [2.75, 3.05) is 13.1 Å². The molecule has 15 heavy (non-hydrogen) atoms. The van der Waals surface area contributed by atoms with Gasteiger partial charge in [0.15, 0.2) is 5.03 Å². The third-order valence-corrected chi connectivity index (χ3v) is 4.65. The molecule has 2 rings (SSSR count). The van der Waals surface area contributed by atoms with E-state index in [2.05, 4.69) is 20.9 Å². The highest BCUT2D eigenvalue weighted by Crippen LogP contribution is 2.20. The third kappa shape index (κ3) is 2.21. The van der Waals surface area contributed by atoms with E-state index in [1.807, 2.05) is 0 Å². The van der Waals surface area contributed by atoms with Crippen molar-refractivity contribution in [3.63, 3.8) is 0 Å². The van der Waals surface area contributed by atoms with Gasteiger partial charge >= 0.3 is 0 Å². The maximum Gasteiger partial charge on any atom is 0.260 e. The van der Waals surface area contributed by atoms with Crippen LogP contribution in [0, 0.1) is 0 Å². The van der Waals surface area contributed by atoms with Crippen molar-refractivity contribution in [1.29, 1.82) is 0 Å². The molecule has 0 N–H and O–H groups in total. The second-order valence-electron chi connectivity index (χ2n) is 3.43. The molecule has 0 atom stereocenters. The van der Waals surface area contributed by atoms with Gasteiger partial charge in [0.2, 0.25) is 0 Å². The molecule has 2 heterocycles. The van der Waals surface area contributed by atoms with Crippen molar-refractivity contribution < 1.29 is 8.42 Å². The number of pyridine rings is 1. The van der Waals surface area contributed by atoms with Crippen LogP contribution in [0.3, 0.4) is 0 Å². The lowest BCUT2D eigenvalue weighted by Crippen LogP contribution is -2.28. The summed E-state index contributed by atoms with van der Waals surface area (Å²) in [5, 5.41) is 0.132. The van der Waals surface area contributed by atoms with Gasteiger partial charge in [0.1, 0.15) is 0 Å². The zero-order chi connectivity index (χ0) is 10.9. The molecular weight excluding hydrogens is 280 g/mol. The predicted octanol–water partition coefficient (Wildman–Crippen LogP) is 1.63. The first kappa shape index (κ1) is 11.0. The molecule has 0 saturated carbocycles. The average molecular weight is 291 g/mol. The predicted molar refractivity (Wildman–Crippen MR) is 59.9 cm³/mol. The van der Waals surface area contributed by atoms with Crippen LogP contribution in [0.1, 0.15) is 12.8 Å². The topological polar surface area (TPSA) is 50.3 Å². The molecule has 0 amide bonds. The van der Waals surface area contributed by atoms with Gasteiger partial charge in [-0.2, -0.15) is 4.31 Å². The summed E-state index contributed by atoms with van der Waals surface area (Å²) >= 11 is 3.22. The zero-order valence-electron chi connectivity index (χ0n) is 8.06. The van der Waals surface area contributed by atoms with E-state index >= 15 is 0 Å². The normalized spacial score (nSPS) is 18.2. The molecule has 0 unspecified atom stereocenters. The van der Waals surface area contributed by atoms with Crippen molar-refractivity contribution in [1.82, 2.24) is 9.29 Å². The minimum absolute atomic E-state index is 0.132. The number of sulfonamides is 1. The first-order valence-corrected chi connectivity index (χ1v) is 6.96. The molecule has 82 valence electrons. The summed E-state index contributed by atoms with van der Waals surface area (Å²) in [4.78, 5) is 3.92. The maximum absolute atomic E-state index is 12.0. The molecule has 1 aromatic heterocycles. The summed E-state index contributed by atoms with van der Waals surface area (Å²) in [6.07, 6.45) is 3.38. The van der Waals surface area contributed by atoms with E-state index in [-0.39, 0.29) is 5.03 Å². The molecule has 1 aromatic rings. The number of hydrogen-bond donors (Lipinski definition) is 0. The van der Waals surface area contributed by atoms with Gasteiger partial charge < -0.3 is 0 Å². The fourth-order valence-electron chi connectivity index (χ4n) is 1.58. The second kappa shape index (κ2) is 4.19. The quantitative estimate of drug-likeness (QED) is 0.832. The molecule has 0 bridgehead atoms. The van der Waals surface area contributed by atoms with Gasteiger partial charge in [0.25, 0.3) is 10.0 Å². The van der Waals surface area contributed by atoms with Crippen molar-refractivity contribution in [2.45, 2.75) is 17.9 Å². The highest BCUT2D eigenvalue weighted by molar-refractivity contribution is 9.10. The SMILES string of the molecule is O=S(=O)(c1ccc(Br)cn1)N1CCCC1. The number of rotatable bonds is 2. The molecular formula is C9H11BrN2O2S. The van der Waals surface area contributed by atoms with Gasteiger partial charge in [-0.05, 0) is 40.9 Å². The van der Waals surface area contributed by atoms with Gasteiger partial charge in [-0.3, -0.25) is 0 Å². The Hall–Kier alpha value is -0.460. The van der Waals surface area contributed by atoms with Crippen LogP contribution in [0.5, 0.6) is 0 Å². The molecule has 4 nitrogen and oxygen atoms in total. The Kier molecular flexibility index (Phi) is 3.08. The lowest BCUT2D eigenvalue weighted by Gasteiger charge is -2.14. The van der Waals surface area contributed by atoms with Crippen LogP contribution in [-0.4, -0.2) is 30.8 Å². The Morgan fingerprint density at radius 3 is 2.47 bits per heavy atom. The van der Waals surface area contributed by atoms with E-state index in [0.29, 0.717) is 13.1 Å². The van der Waals surface area contributed by atoms with E-state index in [4.69, 9.17) is 0 Å². The molecule has 1 aliphatic heterocycles. The number of hydrogen-bond acceptors (Lipinski definition) is 3. The first-order chi connectivity index (χ1) is 7.10. The van der Waals surface area contributed by atoms with Crippen LogP contribution in [0.25, 0.3) is 0 Å². The van der Waals surface area contributed by atoms with Gasteiger partial charge in [-0.1, -0.05) is 0 Å². The van der Waals surface area contributed by atoms with Crippen LogP contribution in [0.4, 0.5) is 0 Å². The summed E-state index contributed by atoms with van der Waals surface area (Å²) in [6, 6.07) is 3.22. The van der Waals surface area contributed by atoms with Crippen LogP contribution >= 0.6 is 15.9 Å². The van der Waals surface area contributed by atoms with Crippen LogP contribution in [0.15, 0.2) is 27.8 Å². The summed E-state index contributed by atoms with van der Waals surface area (Å²) in [6.45, 7) is 1.22. The van der Waals surface area contributed by atoms with Gasteiger partial charge in [-0.25, -0.2) is 13.4 Å². The molecule has 0 spiro atoms. The summed E-state index contributed by atoms with van der Waals surface area (Å²) in [7, 11) is -3.35. The largest absolute Gasteiger partial charge is 0.260 e. The Labute approximate surface area is 97.5 Å². The number of aromatic nitrogens is 1. The maximum atomic E-state index is 12.0. The summed E-state index contributed by atoms with van der Waals surface area (Å²) < 4.78 is 26.3. The summed E-state index contributed by atoms with van der Waals surface area (Å²) in [5.74, 6) is 0. The molecule has 6 heteroatoms. The first-order valence-electron chi connectivity index (χ1n) is 4.72. The Bertz CT molecular complexity index is 438. The molecule has 1 aliphatic rings. The van der Waals surface area contributed by atoms with Crippen molar-refractivity contribution in [3.05, 3.63) is 22.8 Å². The number of nitrogens with zero attached hydrogens (tertiary/aromatic N) is 2. The molecule has 1 fully saturated rings. The van der Waals surface area contributed by atoms with E-state index < -0.39 is 10.0 Å². The lowest BCUT2D eigenvalue weighted by atomic mass is 10.4. The van der Waals surface area contributed by atoms with Crippen molar-refractivity contribution in [2.24, 2.45) is 0 Å². The highest BCUT2D eigenvalue weighted by atomic mass is 79.9. The van der Waals surface area contributed by atoms with Crippen molar-refractivity contribution in [3.8, 4) is 0 Å². The average Bonchev–Trinajstić information content (AvgIpc) is 2.71. The minimum Gasteiger partial charge on any atom is -0.242 e. The van der Waals surface area contributed by atoms with Gasteiger partial charge in [-0.15, -0.1) is 0 Å². The van der Waals surface area contributed by atoms with Crippen LogP contribution in [-0.2, 0) is 10.0 Å². The Morgan fingerprint density at radius 1 is 1.27 bits per heavy atom. The van der Waals surface area contributed by atoms with Gasteiger partial charge in [0, 0.05) is 23.8 Å². The fourth-order valence-corrected chi connectivity index (χ4v) is 3.24. The highest BCUT2D eigenvalue weighted by Gasteiger charge is 2.27. The van der Waals surface area contributed by atoms with Crippen LogP contribution < -0.4 is 0 Å². The monoisotopic (exact) mass is 290 g/mol. The van der Waals surface area contributed by atoms with Crippen LogP contribution in [0.2, 0.25) is 0 Å². The summed E-state index contributed by atoms with van der Waals surface area (Å²) in [5.41, 5.74) is 0. The molecule has 0 aromatic carbocycles. The Morgan fingerprint density at radius 2 is 1.93 bits per heavy atom. The minimum atomic E-state index is -3.35. The molecule has 0 radical (unpaired) electrons. The molecule has 0 aliphatic carbocycles. The van der Waals surface area contributed by atoms with E-state index in [1.54, 1.807) is 6.07 Å². The zero-order valence-corrected chi connectivity index (χ0v) is 10.5.